The number of hydrogen-bond acceptors (Lipinski definition) is 4. The molecule has 2 saturated heterocycles. The van der Waals surface area contributed by atoms with E-state index in [1.54, 1.807) is 0 Å². The summed E-state index contributed by atoms with van der Waals surface area (Å²) in [5.74, 6) is 0.660. The van der Waals surface area contributed by atoms with Crippen LogP contribution in [0.5, 0.6) is 5.75 Å². The number of hydrogen-bond donors (Lipinski definition) is 1. The van der Waals surface area contributed by atoms with E-state index in [9.17, 15) is 15.2 Å². The highest BCUT2D eigenvalue weighted by Crippen LogP contribution is 2.44. The molecule has 0 spiro atoms. The third-order valence-corrected chi connectivity index (χ3v) is 8.85. The van der Waals surface area contributed by atoms with Gasteiger partial charge in [-0.05, 0) is 87.3 Å². The lowest BCUT2D eigenvalue weighted by atomic mass is 9.86. The van der Waals surface area contributed by atoms with Gasteiger partial charge in [-0.3, -0.25) is 9.69 Å². The summed E-state index contributed by atoms with van der Waals surface area (Å²) in [4.78, 5) is 14.1. The molecule has 3 unspecified atom stereocenters. The van der Waals surface area contributed by atoms with Gasteiger partial charge in [0.05, 0.1) is 12.0 Å². The lowest BCUT2D eigenvalue weighted by Gasteiger charge is -2.41. The quantitative estimate of drug-likeness (QED) is 0.536. The molecule has 0 radical (unpaired) electrons. The molecule has 34 heavy (non-hydrogen) atoms. The van der Waals surface area contributed by atoms with Crippen molar-refractivity contribution in [3.05, 3.63) is 41.5 Å². The van der Waals surface area contributed by atoms with E-state index >= 15 is 0 Å². The van der Waals surface area contributed by atoms with Crippen molar-refractivity contribution in [1.29, 1.82) is 5.26 Å². The van der Waals surface area contributed by atoms with Crippen LogP contribution in [0, 0.1) is 23.2 Å². The van der Waals surface area contributed by atoms with Crippen LogP contribution < -0.4 is 4.74 Å². The highest BCUT2D eigenvalue weighted by atomic mass is 16.5. The Kier molecular flexibility index (Phi) is 6.53. The molecular weight excluding hydrogens is 424 g/mol. The average Bonchev–Trinajstić information content (AvgIpc) is 3.12. The molecule has 1 N–H and O–H groups in total. The van der Waals surface area contributed by atoms with E-state index in [0.29, 0.717) is 23.4 Å². The highest BCUT2D eigenvalue weighted by Gasteiger charge is 2.45. The zero-order chi connectivity index (χ0) is 23.8. The van der Waals surface area contributed by atoms with Gasteiger partial charge in [0.25, 0.3) is 0 Å². The second-order valence-electron chi connectivity index (χ2n) is 10.7. The molecule has 0 amide bonds. The summed E-state index contributed by atoms with van der Waals surface area (Å²) in [5, 5.41) is 21.6. The van der Waals surface area contributed by atoms with Crippen LogP contribution in [0.3, 0.4) is 0 Å². The van der Waals surface area contributed by atoms with Gasteiger partial charge in [-0.15, -0.1) is 0 Å². The number of ether oxygens (including phenoxy) is 1. The van der Waals surface area contributed by atoms with Crippen LogP contribution in [0.25, 0.3) is 10.8 Å². The average molecular weight is 461 g/mol. The van der Waals surface area contributed by atoms with Crippen molar-refractivity contribution < 1.29 is 14.6 Å². The Morgan fingerprint density at radius 1 is 1.12 bits per heavy atom. The predicted octanol–water partition coefficient (Wildman–Crippen LogP) is 6.45. The van der Waals surface area contributed by atoms with Gasteiger partial charge in [0.2, 0.25) is 0 Å². The fraction of sp³-hybridized carbons (Fsp3) is 0.586. The van der Waals surface area contributed by atoms with Crippen LogP contribution in [-0.4, -0.2) is 34.2 Å². The van der Waals surface area contributed by atoms with Gasteiger partial charge in [0.15, 0.2) is 0 Å². The Balaban J connectivity index is 1.39. The summed E-state index contributed by atoms with van der Waals surface area (Å²) >= 11 is 0. The number of rotatable bonds is 6. The van der Waals surface area contributed by atoms with Gasteiger partial charge >= 0.3 is 5.97 Å². The van der Waals surface area contributed by atoms with Crippen molar-refractivity contribution in [2.24, 2.45) is 11.8 Å². The van der Waals surface area contributed by atoms with Crippen molar-refractivity contribution in [2.45, 2.75) is 95.9 Å². The minimum Gasteiger partial charge on any atom is -0.489 e. The number of carboxylic acids is 1. The molecule has 2 heterocycles. The lowest BCUT2D eigenvalue weighted by molar-refractivity contribution is -0.144. The number of nitrogens with zero attached hydrogens (tertiary/aromatic N) is 2. The molecular formula is C29H36N2O3. The third-order valence-electron chi connectivity index (χ3n) is 8.85. The zero-order valence-corrected chi connectivity index (χ0v) is 20.4. The van der Waals surface area contributed by atoms with Crippen LogP contribution in [0.15, 0.2) is 30.3 Å². The van der Waals surface area contributed by atoms with Crippen LogP contribution in [0.4, 0.5) is 0 Å². The molecule has 3 fully saturated rings. The molecule has 1 aliphatic carbocycles. The predicted molar refractivity (Wildman–Crippen MR) is 133 cm³/mol. The van der Waals surface area contributed by atoms with E-state index in [4.69, 9.17) is 4.74 Å². The van der Waals surface area contributed by atoms with E-state index in [1.807, 2.05) is 6.07 Å². The molecule has 180 valence electrons. The Morgan fingerprint density at radius 3 is 2.41 bits per heavy atom. The topological polar surface area (TPSA) is 73.6 Å². The Morgan fingerprint density at radius 2 is 1.79 bits per heavy atom. The molecule has 2 aliphatic heterocycles. The number of carboxylic acid groups (broad SMARTS) is 1. The molecule has 1 saturated carbocycles. The summed E-state index contributed by atoms with van der Waals surface area (Å²) in [5.41, 5.74) is 1.83. The summed E-state index contributed by atoms with van der Waals surface area (Å²) in [6.07, 6.45) is 9.61. The third kappa shape index (κ3) is 4.29. The molecule has 2 aromatic carbocycles. The maximum Gasteiger partial charge on any atom is 0.306 e. The fourth-order valence-corrected chi connectivity index (χ4v) is 6.85. The number of aliphatic carboxylic acids is 1. The van der Waals surface area contributed by atoms with E-state index in [2.05, 4.69) is 49.1 Å². The first-order chi connectivity index (χ1) is 16.5. The molecule has 5 heteroatoms. The van der Waals surface area contributed by atoms with Crippen LogP contribution in [-0.2, 0) is 4.79 Å². The smallest absolute Gasteiger partial charge is 0.306 e. The molecule has 0 aromatic heterocycles. The van der Waals surface area contributed by atoms with Crippen molar-refractivity contribution in [2.75, 3.05) is 0 Å². The van der Waals surface area contributed by atoms with E-state index in [-0.39, 0.29) is 18.1 Å². The second kappa shape index (κ2) is 9.58. The normalized spacial score (nSPS) is 30.1. The minimum atomic E-state index is -0.649. The Bertz CT molecular complexity index is 1080. The fourth-order valence-electron chi connectivity index (χ4n) is 6.85. The van der Waals surface area contributed by atoms with Crippen molar-refractivity contribution in [3.8, 4) is 11.8 Å². The Hall–Kier alpha value is -2.58. The lowest BCUT2D eigenvalue weighted by Crippen LogP contribution is -2.45. The van der Waals surface area contributed by atoms with Gasteiger partial charge in [-0.1, -0.05) is 31.5 Å². The number of benzene rings is 2. The van der Waals surface area contributed by atoms with E-state index < -0.39 is 5.97 Å². The first kappa shape index (κ1) is 23.2. The maximum absolute atomic E-state index is 11.6. The summed E-state index contributed by atoms with van der Waals surface area (Å²) < 4.78 is 6.38. The number of fused-ring (bicyclic) bond motifs is 3. The SMILES string of the molecule is CCC1CCC(Oc2ccc3ccc(C(C)N4C5CCC4CC(C(=O)O)C5)cc3c2C#N)CC1. The van der Waals surface area contributed by atoms with Gasteiger partial charge in [-0.25, -0.2) is 0 Å². The summed E-state index contributed by atoms with van der Waals surface area (Å²) in [6, 6.07) is 13.8. The number of piperidine rings is 1. The highest BCUT2D eigenvalue weighted by molar-refractivity contribution is 5.90. The zero-order valence-electron chi connectivity index (χ0n) is 20.4. The molecule has 3 atom stereocenters. The molecule has 5 nitrogen and oxygen atoms in total. The summed E-state index contributed by atoms with van der Waals surface area (Å²) in [6.45, 7) is 4.49. The van der Waals surface area contributed by atoms with Gasteiger partial charge in [0, 0.05) is 23.5 Å². The van der Waals surface area contributed by atoms with Crippen molar-refractivity contribution in [1.82, 2.24) is 4.90 Å². The van der Waals surface area contributed by atoms with E-state index in [0.717, 1.165) is 55.2 Å². The largest absolute Gasteiger partial charge is 0.489 e. The number of nitriles is 1. The molecule has 3 aliphatic rings. The summed E-state index contributed by atoms with van der Waals surface area (Å²) in [7, 11) is 0. The van der Waals surface area contributed by atoms with Gasteiger partial charge in [0.1, 0.15) is 17.4 Å². The monoisotopic (exact) mass is 460 g/mol. The number of carbonyl (C=O) groups is 1. The first-order valence-electron chi connectivity index (χ1n) is 13.1. The minimum absolute atomic E-state index is 0.192. The van der Waals surface area contributed by atoms with Crippen LogP contribution >= 0.6 is 0 Å². The molecule has 2 aromatic rings. The first-order valence-corrected chi connectivity index (χ1v) is 13.1. The maximum atomic E-state index is 11.6. The van der Waals surface area contributed by atoms with E-state index in [1.165, 1.54) is 24.8 Å². The van der Waals surface area contributed by atoms with Crippen molar-refractivity contribution in [3.63, 3.8) is 0 Å². The second-order valence-corrected chi connectivity index (χ2v) is 10.7. The standard InChI is InChI=1S/C29H36N2O3/c1-3-19-4-11-25(12-5-19)34-28-13-8-20-6-7-21(16-26(20)27(28)17-30)18(2)31-23-9-10-24(31)15-22(14-23)29(32)33/h6-8,13,16,18-19,22-25H,3-5,9-12,14-15H2,1-2H3,(H,32,33). The molecule has 5 rings (SSSR count). The molecule has 2 bridgehead atoms. The van der Waals surface area contributed by atoms with Crippen LogP contribution in [0.2, 0.25) is 0 Å². The van der Waals surface area contributed by atoms with Crippen LogP contribution in [0.1, 0.15) is 88.8 Å². The Labute approximate surface area is 202 Å². The van der Waals surface area contributed by atoms with Crippen molar-refractivity contribution >= 4 is 16.7 Å². The van der Waals surface area contributed by atoms with Gasteiger partial charge in [-0.2, -0.15) is 5.26 Å². The van der Waals surface area contributed by atoms with Gasteiger partial charge < -0.3 is 9.84 Å².